The van der Waals surface area contributed by atoms with Crippen LogP contribution in [0, 0.1) is 11.9 Å². The van der Waals surface area contributed by atoms with E-state index >= 15 is 0 Å². The fraction of sp³-hybridized carbons (Fsp3) is 0.226. The van der Waals surface area contributed by atoms with Crippen LogP contribution in [0.5, 0.6) is 0 Å². The second-order valence-corrected chi connectivity index (χ2v) is 10.1. The summed E-state index contributed by atoms with van der Waals surface area (Å²) in [6.45, 7) is 4.71. The van der Waals surface area contributed by atoms with E-state index in [2.05, 4.69) is 53.5 Å². The Hall–Kier alpha value is -4.59. The first-order valence-corrected chi connectivity index (χ1v) is 12.8. The number of carbonyl (C=O) groups is 2. The highest BCUT2D eigenvalue weighted by atomic mass is 19.1. The number of carboxylic acid groups (broad SMARTS) is 1. The SMILES string of the molecule is CC1CC(c2ccc(F)nc2)=Cc2cc(-c3cc(C(=O)NCc4ccc(C(=O)O)cc4)nn3C)ccc2C1C. The van der Waals surface area contributed by atoms with Crippen LogP contribution in [-0.4, -0.2) is 31.7 Å². The van der Waals surface area contributed by atoms with Crippen LogP contribution >= 0.6 is 0 Å². The summed E-state index contributed by atoms with van der Waals surface area (Å²) in [5.74, 6) is -1.09. The summed E-state index contributed by atoms with van der Waals surface area (Å²) in [6.07, 6.45) is 4.60. The largest absolute Gasteiger partial charge is 0.478 e. The molecule has 198 valence electrons. The van der Waals surface area contributed by atoms with E-state index in [0.29, 0.717) is 17.5 Å². The number of benzene rings is 2. The highest BCUT2D eigenvalue weighted by molar-refractivity contribution is 5.93. The van der Waals surface area contributed by atoms with Crippen LogP contribution in [0.25, 0.3) is 22.9 Å². The molecule has 8 heteroatoms. The third-order valence-electron chi connectivity index (χ3n) is 7.46. The number of nitrogens with zero attached hydrogens (tertiary/aromatic N) is 3. The zero-order valence-corrected chi connectivity index (χ0v) is 22.0. The van der Waals surface area contributed by atoms with Crippen LogP contribution in [0.3, 0.4) is 0 Å². The van der Waals surface area contributed by atoms with Crippen molar-refractivity contribution in [3.05, 3.63) is 106 Å². The summed E-state index contributed by atoms with van der Waals surface area (Å²) < 4.78 is 15.1. The third-order valence-corrected chi connectivity index (χ3v) is 7.46. The van der Waals surface area contributed by atoms with E-state index in [0.717, 1.165) is 39.9 Å². The van der Waals surface area contributed by atoms with Crippen molar-refractivity contribution in [1.82, 2.24) is 20.1 Å². The van der Waals surface area contributed by atoms with Gasteiger partial charge in [0.15, 0.2) is 5.69 Å². The van der Waals surface area contributed by atoms with Crippen molar-refractivity contribution in [1.29, 1.82) is 0 Å². The maximum absolute atomic E-state index is 13.4. The van der Waals surface area contributed by atoms with Crippen molar-refractivity contribution < 1.29 is 19.1 Å². The van der Waals surface area contributed by atoms with Crippen molar-refractivity contribution in [2.45, 2.75) is 32.7 Å². The minimum atomic E-state index is -0.993. The van der Waals surface area contributed by atoms with Crippen LogP contribution < -0.4 is 5.32 Å². The molecule has 2 aromatic heterocycles. The van der Waals surface area contributed by atoms with Crippen LogP contribution in [0.2, 0.25) is 0 Å². The highest BCUT2D eigenvalue weighted by Gasteiger charge is 2.24. The number of fused-ring (bicyclic) bond motifs is 1. The fourth-order valence-electron chi connectivity index (χ4n) is 5.00. The van der Waals surface area contributed by atoms with Gasteiger partial charge in [0.25, 0.3) is 5.91 Å². The lowest BCUT2D eigenvalue weighted by atomic mass is 9.85. The molecule has 0 saturated carbocycles. The number of aromatic nitrogens is 3. The Morgan fingerprint density at radius 1 is 1.05 bits per heavy atom. The zero-order valence-electron chi connectivity index (χ0n) is 22.0. The van der Waals surface area contributed by atoms with E-state index < -0.39 is 11.9 Å². The normalized spacial score (nSPS) is 16.7. The molecule has 2 aromatic carbocycles. The van der Waals surface area contributed by atoms with Crippen molar-refractivity contribution in [2.24, 2.45) is 13.0 Å². The second kappa shape index (κ2) is 10.6. The van der Waals surface area contributed by atoms with Crippen molar-refractivity contribution in [3.8, 4) is 11.3 Å². The summed E-state index contributed by atoms with van der Waals surface area (Å²) in [5, 5.41) is 16.3. The first kappa shape index (κ1) is 26.0. The van der Waals surface area contributed by atoms with Crippen LogP contribution in [0.1, 0.15) is 69.3 Å². The first-order chi connectivity index (χ1) is 18.7. The average molecular weight is 525 g/mol. The van der Waals surface area contributed by atoms with Crippen LogP contribution in [0.15, 0.2) is 66.9 Å². The number of halogens is 1. The molecular formula is C31H29FN4O3. The predicted octanol–water partition coefficient (Wildman–Crippen LogP) is 5.93. The maximum atomic E-state index is 13.4. The molecule has 1 aliphatic carbocycles. The molecule has 2 heterocycles. The Bertz CT molecular complexity index is 1570. The van der Waals surface area contributed by atoms with Gasteiger partial charge in [-0.15, -0.1) is 0 Å². The smallest absolute Gasteiger partial charge is 0.335 e. The third kappa shape index (κ3) is 5.50. The molecule has 0 saturated heterocycles. The zero-order chi connectivity index (χ0) is 27.7. The first-order valence-electron chi connectivity index (χ1n) is 12.8. The Labute approximate surface area is 226 Å². The molecule has 2 N–H and O–H groups in total. The monoisotopic (exact) mass is 524 g/mol. The van der Waals surface area contributed by atoms with Gasteiger partial charge in [0.1, 0.15) is 0 Å². The molecule has 7 nitrogen and oxygen atoms in total. The van der Waals surface area contributed by atoms with Gasteiger partial charge in [-0.1, -0.05) is 44.2 Å². The van der Waals surface area contributed by atoms with Gasteiger partial charge in [-0.2, -0.15) is 9.49 Å². The molecule has 39 heavy (non-hydrogen) atoms. The predicted molar refractivity (Wildman–Crippen MR) is 147 cm³/mol. The van der Waals surface area contributed by atoms with Gasteiger partial charge in [-0.3, -0.25) is 9.48 Å². The number of nitrogens with one attached hydrogen (secondary N) is 1. The number of carbonyl (C=O) groups excluding carboxylic acids is 1. The van der Waals surface area contributed by atoms with Gasteiger partial charge in [0, 0.05) is 25.4 Å². The average Bonchev–Trinajstić information content (AvgIpc) is 3.27. The quantitative estimate of drug-likeness (QED) is 0.305. The summed E-state index contributed by atoms with van der Waals surface area (Å²) in [4.78, 5) is 27.7. The number of aromatic carboxylic acids is 1. The van der Waals surface area contributed by atoms with E-state index in [-0.39, 0.29) is 18.0 Å². The van der Waals surface area contributed by atoms with E-state index in [1.807, 2.05) is 0 Å². The lowest BCUT2D eigenvalue weighted by molar-refractivity contribution is 0.0696. The van der Waals surface area contributed by atoms with Crippen molar-refractivity contribution in [3.63, 3.8) is 0 Å². The molecule has 0 fully saturated rings. The molecule has 0 spiro atoms. The summed E-state index contributed by atoms with van der Waals surface area (Å²) >= 11 is 0. The number of hydrogen-bond acceptors (Lipinski definition) is 4. The molecule has 2 unspecified atom stereocenters. The van der Waals surface area contributed by atoms with Gasteiger partial charge in [-0.25, -0.2) is 9.78 Å². The van der Waals surface area contributed by atoms with E-state index in [1.165, 1.54) is 23.8 Å². The summed E-state index contributed by atoms with van der Waals surface area (Å²) in [7, 11) is 1.80. The highest BCUT2D eigenvalue weighted by Crippen LogP contribution is 2.40. The van der Waals surface area contributed by atoms with Gasteiger partial charge in [0.2, 0.25) is 5.95 Å². The van der Waals surface area contributed by atoms with Crippen molar-refractivity contribution in [2.75, 3.05) is 0 Å². The molecule has 0 aliphatic heterocycles. The number of carboxylic acids is 1. The number of amides is 1. The fourth-order valence-corrected chi connectivity index (χ4v) is 5.00. The molecule has 0 bridgehead atoms. The molecule has 4 aromatic rings. The number of pyridine rings is 1. The molecule has 0 radical (unpaired) electrons. The molecule has 5 rings (SSSR count). The Balaban J connectivity index is 1.40. The van der Waals surface area contributed by atoms with Gasteiger partial charge >= 0.3 is 5.97 Å². The summed E-state index contributed by atoms with van der Waals surface area (Å²) in [5.41, 5.74) is 7.35. The topological polar surface area (TPSA) is 97.1 Å². The van der Waals surface area contributed by atoms with E-state index in [4.69, 9.17) is 5.11 Å². The van der Waals surface area contributed by atoms with Crippen molar-refractivity contribution >= 4 is 23.5 Å². The van der Waals surface area contributed by atoms with E-state index in [1.54, 1.807) is 42.2 Å². The molecule has 2 atom stereocenters. The number of aryl methyl sites for hydroxylation is 1. The standard InChI is InChI=1S/C31H29FN4O3/c1-18-12-24(23-9-11-29(32)33-17-23)14-25-13-22(8-10-26(25)19(18)2)28-15-27(35-36(28)3)30(37)34-16-20-4-6-21(7-5-20)31(38)39/h4-11,13-15,17-19H,12,16H2,1-3H3,(H,34,37)(H,38,39). The number of rotatable bonds is 6. The Kier molecular flexibility index (Phi) is 7.11. The van der Waals surface area contributed by atoms with E-state index in [9.17, 15) is 14.0 Å². The van der Waals surface area contributed by atoms with Gasteiger partial charge in [-0.05, 0) is 82.5 Å². The summed E-state index contributed by atoms with van der Waals surface area (Å²) in [6, 6.07) is 17.6. The second-order valence-electron chi connectivity index (χ2n) is 10.1. The molecular weight excluding hydrogens is 495 g/mol. The molecule has 1 aliphatic rings. The minimum absolute atomic E-state index is 0.195. The lowest BCUT2D eigenvalue weighted by Gasteiger charge is -2.20. The van der Waals surface area contributed by atoms with Crippen LogP contribution in [0.4, 0.5) is 4.39 Å². The van der Waals surface area contributed by atoms with Gasteiger partial charge in [0.05, 0.1) is 11.3 Å². The van der Waals surface area contributed by atoms with Gasteiger partial charge < -0.3 is 10.4 Å². The maximum Gasteiger partial charge on any atom is 0.335 e. The van der Waals surface area contributed by atoms with Crippen LogP contribution in [-0.2, 0) is 13.6 Å². The Morgan fingerprint density at radius 2 is 1.79 bits per heavy atom. The molecule has 1 amide bonds. The Morgan fingerprint density at radius 3 is 2.49 bits per heavy atom. The lowest BCUT2D eigenvalue weighted by Crippen LogP contribution is -2.23. The minimum Gasteiger partial charge on any atom is -0.478 e. The number of hydrogen-bond donors (Lipinski definition) is 2. The number of allylic oxidation sites excluding steroid dienone is 1.